The molecule has 1 aromatic heterocycles. The molecule has 1 aliphatic heterocycles. The van der Waals surface area contributed by atoms with Crippen molar-refractivity contribution in [1.82, 2.24) is 14.8 Å². The molecule has 1 aromatic rings. The Balaban J connectivity index is 2.56. The highest BCUT2D eigenvalue weighted by Gasteiger charge is 2.25. The van der Waals surface area contributed by atoms with E-state index < -0.39 is 5.72 Å². The van der Waals surface area contributed by atoms with E-state index in [1.807, 2.05) is 0 Å². The summed E-state index contributed by atoms with van der Waals surface area (Å²) in [6.45, 7) is 1.64. The highest BCUT2D eigenvalue weighted by atomic mass is 16.3. The average Bonchev–Trinajstić information content (AvgIpc) is 2.34. The van der Waals surface area contributed by atoms with E-state index in [0.717, 1.165) is 0 Å². The van der Waals surface area contributed by atoms with Gasteiger partial charge in [-0.25, -0.2) is 0 Å². The third kappa shape index (κ3) is 0.813. The second-order valence-electron chi connectivity index (χ2n) is 2.57. The lowest BCUT2D eigenvalue weighted by atomic mass is 10.2. The Labute approximate surface area is 63.4 Å². The van der Waals surface area contributed by atoms with E-state index in [-0.39, 0.29) is 0 Å². The van der Waals surface area contributed by atoms with Gasteiger partial charge in [-0.3, -0.25) is 0 Å². The van der Waals surface area contributed by atoms with Crippen LogP contribution in [0.5, 0.6) is 0 Å². The van der Waals surface area contributed by atoms with Crippen molar-refractivity contribution in [2.24, 2.45) is 0 Å². The van der Waals surface area contributed by atoms with Gasteiger partial charge in [-0.05, 0) is 13.0 Å². The molecule has 2 rings (SSSR count). The molecule has 1 unspecified atom stereocenters. The second kappa shape index (κ2) is 1.82. The van der Waals surface area contributed by atoms with Crippen LogP contribution < -0.4 is 5.32 Å². The lowest BCUT2D eigenvalue weighted by Gasteiger charge is -2.24. The molecule has 5 heteroatoms. The topological polar surface area (TPSA) is 63.0 Å². The standard InChI is InChI=1S/C6H8N4O/c1-6(11)2-3-7-5-8-4-9-10(5)6/h2-4,11H,1H3,(H,7,8,9). The Morgan fingerprint density at radius 2 is 2.55 bits per heavy atom. The lowest BCUT2D eigenvalue weighted by Crippen LogP contribution is -2.32. The minimum Gasteiger partial charge on any atom is -0.366 e. The number of rotatable bonds is 0. The summed E-state index contributed by atoms with van der Waals surface area (Å²) in [5, 5.41) is 16.3. The quantitative estimate of drug-likeness (QED) is 0.544. The molecule has 0 bridgehead atoms. The van der Waals surface area contributed by atoms with Gasteiger partial charge in [0.15, 0.2) is 5.72 Å². The number of hydrogen-bond acceptors (Lipinski definition) is 4. The Kier molecular flexibility index (Phi) is 1.05. The Bertz CT molecular complexity index is 301. The van der Waals surface area contributed by atoms with Crippen molar-refractivity contribution in [3.05, 3.63) is 18.6 Å². The first-order valence-electron chi connectivity index (χ1n) is 3.27. The Morgan fingerprint density at radius 3 is 3.27 bits per heavy atom. The van der Waals surface area contributed by atoms with Gasteiger partial charge in [-0.15, -0.1) is 0 Å². The number of nitrogens with one attached hydrogen (secondary N) is 1. The van der Waals surface area contributed by atoms with Gasteiger partial charge in [0.1, 0.15) is 6.33 Å². The first-order valence-corrected chi connectivity index (χ1v) is 3.27. The van der Waals surface area contributed by atoms with Crippen LogP contribution in [0, 0.1) is 0 Å². The largest absolute Gasteiger partial charge is 0.366 e. The fourth-order valence-corrected chi connectivity index (χ4v) is 1.02. The van der Waals surface area contributed by atoms with Gasteiger partial charge in [0.2, 0.25) is 5.95 Å². The summed E-state index contributed by atoms with van der Waals surface area (Å²) in [6, 6.07) is 0. The van der Waals surface area contributed by atoms with Gasteiger partial charge in [0.25, 0.3) is 0 Å². The summed E-state index contributed by atoms with van der Waals surface area (Å²) in [6.07, 6.45) is 4.64. The average molecular weight is 152 g/mol. The van der Waals surface area contributed by atoms with E-state index in [1.165, 1.54) is 11.0 Å². The van der Waals surface area contributed by atoms with Crippen molar-refractivity contribution in [1.29, 1.82) is 0 Å². The van der Waals surface area contributed by atoms with Crippen LogP contribution >= 0.6 is 0 Å². The molecular formula is C6H8N4O. The Hall–Kier alpha value is -1.36. The van der Waals surface area contributed by atoms with Crippen LogP contribution in [0.3, 0.4) is 0 Å². The molecule has 11 heavy (non-hydrogen) atoms. The molecule has 0 saturated heterocycles. The summed E-state index contributed by atoms with van der Waals surface area (Å²) in [4.78, 5) is 3.88. The molecule has 0 saturated carbocycles. The molecule has 0 spiro atoms. The predicted molar refractivity (Wildman–Crippen MR) is 38.7 cm³/mol. The second-order valence-corrected chi connectivity index (χ2v) is 2.57. The highest BCUT2D eigenvalue weighted by molar-refractivity contribution is 5.33. The van der Waals surface area contributed by atoms with Gasteiger partial charge < -0.3 is 10.4 Å². The van der Waals surface area contributed by atoms with Crippen LogP contribution in [-0.4, -0.2) is 19.9 Å². The minimum atomic E-state index is -1.06. The van der Waals surface area contributed by atoms with Crippen LogP contribution in [-0.2, 0) is 5.72 Å². The van der Waals surface area contributed by atoms with Crippen LogP contribution in [0.25, 0.3) is 0 Å². The number of aliphatic hydroxyl groups is 1. The van der Waals surface area contributed by atoms with Gasteiger partial charge in [0, 0.05) is 6.20 Å². The molecular weight excluding hydrogens is 144 g/mol. The SMILES string of the molecule is CC1(O)C=CNc2ncnn21. The molecule has 5 nitrogen and oxygen atoms in total. The zero-order valence-electron chi connectivity index (χ0n) is 6.02. The number of nitrogens with zero attached hydrogens (tertiary/aromatic N) is 3. The molecule has 1 atom stereocenters. The fraction of sp³-hybridized carbons (Fsp3) is 0.333. The molecule has 1 aliphatic rings. The van der Waals surface area contributed by atoms with Crippen molar-refractivity contribution >= 4 is 5.95 Å². The summed E-state index contributed by atoms with van der Waals surface area (Å²) in [7, 11) is 0. The van der Waals surface area contributed by atoms with Crippen LogP contribution in [0.15, 0.2) is 18.6 Å². The van der Waals surface area contributed by atoms with E-state index in [4.69, 9.17) is 0 Å². The minimum absolute atomic E-state index is 0.553. The molecule has 2 N–H and O–H groups in total. The summed E-state index contributed by atoms with van der Waals surface area (Å²) < 4.78 is 1.41. The normalized spacial score (nSPS) is 27.8. The molecule has 0 amide bonds. The number of hydrogen-bond donors (Lipinski definition) is 2. The summed E-state index contributed by atoms with van der Waals surface area (Å²) in [5.41, 5.74) is -1.06. The van der Waals surface area contributed by atoms with Gasteiger partial charge in [-0.1, -0.05) is 0 Å². The maximum atomic E-state index is 9.65. The summed E-state index contributed by atoms with van der Waals surface area (Å²) in [5.74, 6) is 0.553. The van der Waals surface area contributed by atoms with Crippen molar-refractivity contribution in [2.45, 2.75) is 12.6 Å². The van der Waals surface area contributed by atoms with E-state index in [9.17, 15) is 5.11 Å². The smallest absolute Gasteiger partial charge is 0.228 e. The van der Waals surface area contributed by atoms with E-state index in [2.05, 4.69) is 15.4 Å². The van der Waals surface area contributed by atoms with Crippen LogP contribution in [0.2, 0.25) is 0 Å². The highest BCUT2D eigenvalue weighted by Crippen LogP contribution is 2.20. The number of anilines is 1. The van der Waals surface area contributed by atoms with Gasteiger partial charge >= 0.3 is 0 Å². The van der Waals surface area contributed by atoms with E-state index in [1.54, 1.807) is 19.2 Å². The first-order chi connectivity index (χ1) is 5.20. The third-order valence-corrected chi connectivity index (χ3v) is 1.59. The lowest BCUT2D eigenvalue weighted by molar-refractivity contribution is 0.0212. The van der Waals surface area contributed by atoms with E-state index in [0.29, 0.717) is 5.95 Å². The van der Waals surface area contributed by atoms with E-state index >= 15 is 0 Å². The molecule has 0 radical (unpaired) electrons. The zero-order chi connectivity index (χ0) is 7.90. The van der Waals surface area contributed by atoms with Crippen molar-refractivity contribution < 1.29 is 5.11 Å². The molecule has 0 aliphatic carbocycles. The number of fused-ring (bicyclic) bond motifs is 1. The predicted octanol–water partition coefficient (Wildman–Crippen LogP) is -0.118. The molecule has 0 aromatic carbocycles. The van der Waals surface area contributed by atoms with Gasteiger partial charge in [-0.2, -0.15) is 14.8 Å². The maximum absolute atomic E-state index is 9.65. The monoisotopic (exact) mass is 152 g/mol. The summed E-state index contributed by atoms with van der Waals surface area (Å²) >= 11 is 0. The first kappa shape index (κ1) is 6.36. The van der Waals surface area contributed by atoms with Gasteiger partial charge in [0.05, 0.1) is 0 Å². The Morgan fingerprint density at radius 1 is 1.73 bits per heavy atom. The fourth-order valence-electron chi connectivity index (χ4n) is 1.02. The molecule has 0 fully saturated rings. The molecule has 2 heterocycles. The van der Waals surface area contributed by atoms with Crippen LogP contribution in [0.4, 0.5) is 5.95 Å². The number of aromatic nitrogens is 3. The molecule has 58 valence electrons. The van der Waals surface area contributed by atoms with Crippen molar-refractivity contribution in [3.63, 3.8) is 0 Å². The van der Waals surface area contributed by atoms with Crippen molar-refractivity contribution in [2.75, 3.05) is 5.32 Å². The maximum Gasteiger partial charge on any atom is 0.228 e. The third-order valence-electron chi connectivity index (χ3n) is 1.59. The van der Waals surface area contributed by atoms with Crippen molar-refractivity contribution in [3.8, 4) is 0 Å². The van der Waals surface area contributed by atoms with Crippen LogP contribution in [0.1, 0.15) is 6.92 Å². The zero-order valence-corrected chi connectivity index (χ0v) is 6.02.